The van der Waals surface area contributed by atoms with Crippen molar-refractivity contribution >= 4 is 17.6 Å². The van der Waals surface area contributed by atoms with E-state index in [1.165, 1.54) is 0 Å². The molecule has 0 saturated heterocycles. The first kappa shape index (κ1) is 21.7. The lowest BCUT2D eigenvalue weighted by molar-refractivity contribution is -0.117. The Morgan fingerprint density at radius 2 is 1.88 bits per heavy atom. The number of rotatable bonds is 6. The molecule has 0 aliphatic heterocycles. The molecule has 1 aromatic carbocycles. The van der Waals surface area contributed by atoms with E-state index in [-0.39, 0.29) is 23.1 Å². The number of pyridine rings is 1. The van der Waals surface area contributed by atoms with E-state index in [2.05, 4.69) is 25.8 Å². The Kier molecular flexibility index (Phi) is 5.78. The van der Waals surface area contributed by atoms with Crippen LogP contribution in [0.4, 0.5) is 5.82 Å². The number of hydrogen-bond donors (Lipinski definition) is 2. The van der Waals surface area contributed by atoms with Gasteiger partial charge in [0.05, 0.1) is 0 Å². The van der Waals surface area contributed by atoms with Gasteiger partial charge in [0.15, 0.2) is 5.82 Å². The first-order valence-electron chi connectivity index (χ1n) is 10.7. The molecule has 1 aliphatic carbocycles. The average Bonchev–Trinajstić information content (AvgIpc) is 3.48. The van der Waals surface area contributed by atoms with Crippen LogP contribution in [0, 0.1) is 12.8 Å². The van der Waals surface area contributed by atoms with Crippen LogP contribution in [-0.4, -0.2) is 26.9 Å². The number of nitrogens with one attached hydrogen (secondary N) is 2. The van der Waals surface area contributed by atoms with Crippen molar-refractivity contribution in [2.45, 2.75) is 52.5 Å². The lowest BCUT2D eigenvalue weighted by Gasteiger charge is -2.11. The largest absolute Gasteiger partial charge is 0.344 e. The minimum absolute atomic E-state index is 0.0350. The van der Waals surface area contributed by atoms with E-state index in [1.807, 2.05) is 58.0 Å². The van der Waals surface area contributed by atoms with Gasteiger partial charge in [0.25, 0.3) is 0 Å². The summed E-state index contributed by atoms with van der Waals surface area (Å²) in [6, 6.07) is 9.79. The standard InChI is InChI=1S/C24H27N5O3/c1-14-11-16(17-9-10-25-19(12-17)27-20(30)15-5-6-15)7-8-18(14)13-26-21(31)22-28-23(29-32-22)24(2,3)4/h7-12,15H,5-6,13H2,1-4H3,(H,26,31)(H,25,27,30). The van der Waals surface area contributed by atoms with Crippen molar-refractivity contribution in [2.75, 3.05) is 5.32 Å². The Morgan fingerprint density at radius 1 is 1.12 bits per heavy atom. The zero-order valence-electron chi connectivity index (χ0n) is 18.7. The van der Waals surface area contributed by atoms with Crippen LogP contribution in [0.5, 0.6) is 0 Å². The topological polar surface area (TPSA) is 110 Å². The summed E-state index contributed by atoms with van der Waals surface area (Å²) in [7, 11) is 0. The van der Waals surface area contributed by atoms with Gasteiger partial charge in [-0.1, -0.05) is 44.1 Å². The second-order valence-corrected chi connectivity index (χ2v) is 9.19. The number of benzene rings is 1. The quantitative estimate of drug-likeness (QED) is 0.608. The zero-order valence-corrected chi connectivity index (χ0v) is 18.7. The first-order valence-corrected chi connectivity index (χ1v) is 10.7. The number of aryl methyl sites for hydroxylation is 1. The summed E-state index contributed by atoms with van der Waals surface area (Å²) in [5, 5.41) is 9.60. The minimum Gasteiger partial charge on any atom is -0.344 e. The van der Waals surface area contributed by atoms with Crippen LogP contribution in [0.25, 0.3) is 11.1 Å². The summed E-state index contributed by atoms with van der Waals surface area (Å²) in [4.78, 5) is 32.8. The third-order valence-electron chi connectivity index (χ3n) is 5.37. The molecular formula is C24H27N5O3. The molecule has 0 radical (unpaired) electrons. The molecular weight excluding hydrogens is 406 g/mol. The van der Waals surface area contributed by atoms with Gasteiger partial charge >= 0.3 is 11.8 Å². The number of hydrogen-bond acceptors (Lipinski definition) is 6. The van der Waals surface area contributed by atoms with Crippen molar-refractivity contribution in [1.29, 1.82) is 0 Å². The van der Waals surface area contributed by atoms with Gasteiger partial charge in [0.1, 0.15) is 5.82 Å². The van der Waals surface area contributed by atoms with Crippen molar-refractivity contribution in [2.24, 2.45) is 5.92 Å². The highest BCUT2D eigenvalue weighted by atomic mass is 16.5. The van der Waals surface area contributed by atoms with Gasteiger partial charge in [-0.05, 0) is 54.2 Å². The Bertz CT molecular complexity index is 1160. The van der Waals surface area contributed by atoms with E-state index < -0.39 is 5.91 Å². The molecule has 1 fully saturated rings. The maximum absolute atomic E-state index is 12.4. The number of anilines is 1. The summed E-state index contributed by atoms with van der Waals surface area (Å²) in [6.45, 7) is 8.20. The van der Waals surface area contributed by atoms with E-state index in [0.29, 0.717) is 18.2 Å². The first-order chi connectivity index (χ1) is 15.2. The zero-order chi connectivity index (χ0) is 22.9. The molecule has 0 bridgehead atoms. The third-order valence-corrected chi connectivity index (χ3v) is 5.37. The summed E-state index contributed by atoms with van der Waals surface area (Å²) in [5.41, 5.74) is 3.69. The van der Waals surface area contributed by atoms with Crippen molar-refractivity contribution in [1.82, 2.24) is 20.4 Å². The normalized spacial score (nSPS) is 13.6. The lowest BCUT2D eigenvalue weighted by Crippen LogP contribution is -2.24. The molecule has 0 unspecified atom stereocenters. The monoisotopic (exact) mass is 433 g/mol. The van der Waals surface area contributed by atoms with Crippen LogP contribution in [0.2, 0.25) is 0 Å². The van der Waals surface area contributed by atoms with Gasteiger partial charge in [0, 0.05) is 24.1 Å². The molecule has 0 atom stereocenters. The fraction of sp³-hybridized carbons (Fsp3) is 0.375. The van der Waals surface area contributed by atoms with Gasteiger partial charge in [-0.2, -0.15) is 4.98 Å². The Morgan fingerprint density at radius 3 is 2.53 bits per heavy atom. The number of carbonyl (C=O) groups is 2. The molecule has 0 spiro atoms. The summed E-state index contributed by atoms with van der Waals surface area (Å²) < 4.78 is 5.10. The molecule has 166 valence electrons. The van der Waals surface area contributed by atoms with Crippen LogP contribution >= 0.6 is 0 Å². The molecule has 1 aliphatic rings. The van der Waals surface area contributed by atoms with E-state index in [9.17, 15) is 9.59 Å². The highest BCUT2D eigenvalue weighted by Crippen LogP contribution is 2.30. The predicted molar refractivity (Wildman–Crippen MR) is 120 cm³/mol. The van der Waals surface area contributed by atoms with Crippen LogP contribution in [0.3, 0.4) is 0 Å². The maximum Gasteiger partial charge on any atom is 0.315 e. The van der Waals surface area contributed by atoms with E-state index >= 15 is 0 Å². The Hall–Kier alpha value is -3.55. The second-order valence-electron chi connectivity index (χ2n) is 9.19. The number of nitrogens with zero attached hydrogens (tertiary/aromatic N) is 3. The van der Waals surface area contributed by atoms with Crippen LogP contribution in [-0.2, 0) is 16.8 Å². The predicted octanol–water partition coefficient (Wildman–Crippen LogP) is 4.02. The van der Waals surface area contributed by atoms with Crippen LogP contribution in [0.15, 0.2) is 41.1 Å². The molecule has 2 N–H and O–H groups in total. The van der Waals surface area contributed by atoms with Gasteiger partial charge < -0.3 is 15.2 Å². The number of carbonyl (C=O) groups excluding carboxylic acids is 2. The number of amides is 2. The SMILES string of the molecule is Cc1cc(-c2ccnc(NC(=O)C3CC3)c2)ccc1CNC(=O)c1nc(C(C)(C)C)no1. The molecule has 8 heteroatoms. The van der Waals surface area contributed by atoms with Crippen molar-refractivity contribution in [3.05, 3.63) is 59.4 Å². The molecule has 2 heterocycles. The molecule has 8 nitrogen and oxygen atoms in total. The Labute approximate surface area is 186 Å². The summed E-state index contributed by atoms with van der Waals surface area (Å²) >= 11 is 0. The summed E-state index contributed by atoms with van der Waals surface area (Å²) in [6.07, 6.45) is 3.59. The lowest BCUT2D eigenvalue weighted by atomic mass is 9.96. The van der Waals surface area contributed by atoms with Gasteiger partial charge in [0.2, 0.25) is 5.91 Å². The molecule has 3 aromatic rings. The van der Waals surface area contributed by atoms with Gasteiger partial charge in [-0.25, -0.2) is 4.98 Å². The van der Waals surface area contributed by atoms with Gasteiger partial charge in [-0.3, -0.25) is 9.59 Å². The second kappa shape index (κ2) is 8.53. The number of aromatic nitrogens is 3. The smallest absolute Gasteiger partial charge is 0.315 e. The fourth-order valence-corrected chi connectivity index (χ4v) is 3.20. The minimum atomic E-state index is -0.401. The van der Waals surface area contributed by atoms with Crippen molar-refractivity contribution in [3.8, 4) is 11.1 Å². The van der Waals surface area contributed by atoms with E-state index in [0.717, 1.165) is 35.1 Å². The molecule has 2 amide bonds. The summed E-state index contributed by atoms with van der Waals surface area (Å²) in [5.74, 6) is 0.774. The molecule has 4 rings (SSSR count). The van der Waals surface area contributed by atoms with E-state index in [1.54, 1.807) is 6.20 Å². The van der Waals surface area contributed by atoms with Crippen LogP contribution in [0.1, 0.15) is 61.2 Å². The Balaban J connectivity index is 1.41. The molecule has 1 saturated carbocycles. The molecule has 32 heavy (non-hydrogen) atoms. The third kappa shape index (κ3) is 5.01. The van der Waals surface area contributed by atoms with Crippen molar-refractivity contribution in [3.63, 3.8) is 0 Å². The highest BCUT2D eigenvalue weighted by Gasteiger charge is 2.29. The average molecular weight is 434 g/mol. The van der Waals surface area contributed by atoms with Crippen LogP contribution < -0.4 is 10.6 Å². The maximum atomic E-state index is 12.4. The van der Waals surface area contributed by atoms with Crippen molar-refractivity contribution < 1.29 is 14.1 Å². The van der Waals surface area contributed by atoms with E-state index in [4.69, 9.17) is 4.52 Å². The van der Waals surface area contributed by atoms with Gasteiger partial charge in [-0.15, -0.1) is 0 Å². The highest BCUT2D eigenvalue weighted by molar-refractivity contribution is 5.93. The fourth-order valence-electron chi connectivity index (χ4n) is 3.20. The molecule has 2 aromatic heterocycles.